The minimum Gasteiger partial charge on any atom is -0.478 e. The summed E-state index contributed by atoms with van der Waals surface area (Å²) in [6, 6.07) is 1.37. The van der Waals surface area contributed by atoms with Crippen LogP contribution in [0.4, 0.5) is 5.82 Å². The smallest absolute Gasteiger partial charge is 0.339 e. The van der Waals surface area contributed by atoms with Gasteiger partial charge >= 0.3 is 5.97 Å². The first-order valence-corrected chi connectivity index (χ1v) is 7.80. The van der Waals surface area contributed by atoms with Crippen LogP contribution in [0.1, 0.15) is 22.8 Å². The molecule has 0 amide bonds. The SMILES string of the molecule is Cc1ccnc(N2CCS(=O)(=O)CC2C)c1C(=O)O. The summed E-state index contributed by atoms with van der Waals surface area (Å²) >= 11 is 0. The molecule has 1 fully saturated rings. The molecule has 2 rings (SSSR count). The van der Waals surface area contributed by atoms with Crippen LogP contribution in [0.5, 0.6) is 0 Å². The molecular weight excluding hydrogens is 268 g/mol. The van der Waals surface area contributed by atoms with Gasteiger partial charge < -0.3 is 10.0 Å². The van der Waals surface area contributed by atoms with Gasteiger partial charge in [-0.25, -0.2) is 18.2 Å². The Bertz CT molecular complexity index is 612. The van der Waals surface area contributed by atoms with Gasteiger partial charge in [0.15, 0.2) is 9.84 Å². The number of carboxylic acid groups (broad SMARTS) is 1. The molecule has 0 aliphatic carbocycles. The molecule has 0 radical (unpaired) electrons. The normalized spacial score (nSPS) is 22.2. The number of rotatable bonds is 2. The summed E-state index contributed by atoms with van der Waals surface area (Å²) in [5, 5.41) is 9.28. The van der Waals surface area contributed by atoms with Crippen LogP contribution in [0.2, 0.25) is 0 Å². The van der Waals surface area contributed by atoms with E-state index >= 15 is 0 Å². The number of carbonyl (C=O) groups is 1. The second kappa shape index (κ2) is 4.80. The molecule has 7 heteroatoms. The van der Waals surface area contributed by atoms with Crippen LogP contribution in [-0.4, -0.2) is 48.6 Å². The summed E-state index contributed by atoms with van der Waals surface area (Å²) in [4.78, 5) is 17.2. The van der Waals surface area contributed by atoms with E-state index in [1.807, 2.05) is 0 Å². The number of nitrogens with zero attached hydrogens (tertiary/aromatic N) is 2. The van der Waals surface area contributed by atoms with Gasteiger partial charge in [0, 0.05) is 18.8 Å². The standard InChI is InChI=1S/C12H16N2O4S/c1-8-3-4-13-11(10(8)12(15)16)14-5-6-19(17,18)7-9(14)2/h3-4,9H,5-7H2,1-2H3,(H,15,16). The predicted octanol–water partition coefficient (Wildman–Crippen LogP) is 0.712. The van der Waals surface area contributed by atoms with Gasteiger partial charge in [0.2, 0.25) is 0 Å². The summed E-state index contributed by atoms with van der Waals surface area (Å²) in [6.45, 7) is 3.76. The first kappa shape index (κ1) is 13.8. The average Bonchev–Trinajstić information content (AvgIpc) is 2.26. The van der Waals surface area contributed by atoms with Crippen molar-refractivity contribution in [2.24, 2.45) is 0 Å². The second-order valence-corrected chi connectivity index (χ2v) is 7.02. The molecule has 1 unspecified atom stereocenters. The largest absolute Gasteiger partial charge is 0.478 e. The number of aromatic nitrogens is 1. The van der Waals surface area contributed by atoms with Gasteiger partial charge in [0.25, 0.3) is 0 Å². The van der Waals surface area contributed by atoms with E-state index in [-0.39, 0.29) is 29.7 Å². The highest BCUT2D eigenvalue weighted by molar-refractivity contribution is 7.91. The van der Waals surface area contributed by atoms with Crippen molar-refractivity contribution in [3.63, 3.8) is 0 Å². The van der Waals surface area contributed by atoms with Crippen LogP contribution < -0.4 is 4.90 Å². The highest BCUT2D eigenvalue weighted by atomic mass is 32.2. The van der Waals surface area contributed by atoms with E-state index in [1.165, 1.54) is 0 Å². The van der Waals surface area contributed by atoms with E-state index in [2.05, 4.69) is 4.98 Å². The van der Waals surface area contributed by atoms with Crippen molar-refractivity contribution < 1.29 is 18.3 Å². The van der Waals surface area contributed by atoms with Crippen LogP contribution >= 0.6 is 0 Å². The molecule has 0 bridgehead atoms. The fourth-order valence-corrected chi connectivity index (χ4v) is 3.90. The summed E-state index contributed by atoms with van der Waals surface area (Å²) in [5.74, 6) is -0.621. The van der Waals surface area contributed by atoms with Gasteiger partial charge in [-0.3, -0.25) is 0 Å². The maximum absolute atomic E-state index is 11.6. The zero-order valence-corrected chi connectivity index (χ0v) is 11.6. The molecule has 1 aromatic rings. The fraction of sp³-hybridized carbons (Fsp3) is 0.500. The quantitative estimate of drug-likeness (QED) is 0.860. The molecule has 19 heavy (non-hydrogen) atoms. The Morgan fingerprint density at radius 1 is 1.53 bits per heavy atom. The number of carboxylic acids is 1. The zero-order valence-electron chi connectivity index (χ0n) is 10.8. The van der Waals surface area contributed by atoms with E-state index < -0.39 is 15.8 Å². The van der Waals surface area contributed by atoms with Crippen LogP contribution in [0.25, 0.3) is 0 Å². The van der Waals surface area contributed by atoms with E-state index in [0.717, 1.165) is 0 Å². The maximum Gasteiger partial charge on any atom is 0.339 e. The van der Waals surface area contributed by atoms with Crippen molar-refractivity contribution in [3.8, 4) is 0 Å². The average molecular weight is 284 g/mol. The number of aryl methyl sites for hydroxylation is 1. The molecule has 1 atom stereocenters. The molecule has 1 saturated heterocycles. The van der Waals surface area contributed by atoms with Crippen molar-refractivity contribution in [2.75, 3.05) is 23.0 Å². The van der Waals surface area contributed by atoms with Gasteiger partial charge in [-0.1, -0.05) is 0 Å². The van der Waals surface area contributed by atoms with Gasteiger partial charge in [0.1, 0.15) is 11.4 Å². The van der Waals surface area contributed by atoms with E-state index in [9.17, 15) is 18.3 Å². The fourth-order valence-electron chi connectivity index (χ4n) is 2.34. The molecule has 1 aliphatic rings. The third-order valence-corrected chi connectivity index (χ3v) is 5.09. The molecule has 0 aromatic carbocycles. The van der Waals surface area contributed by atoms with Crippen molar-refractivity contribution in [3.05, 3.63) is 23.4 Å². The highest BCUT2D eigenvalue weighted by Gasteiger charge is 2.31. The topological polar surface area (TPSA) is 87.6 Å². The molecular formula is C12H16N2O4S. The number of sulfone groups is 1. The lowest BCUT2D eigenvalue weighted by atomic mass is 10.1. The van der Waals surface area contributed by atoms with E-state index in [0.29, 0.717) is 11.4 Å². The Morgan fingerprint density at radius 2 is 2.21 bits per heavy atom. The van der Waals surface area contributed by atoms with Gasteiger partial charge in [-0.15, -0.1) is 0 Å². The molecule has 1 aliphatic heterocycles. The Hall–Kier alpha value is -1.63. The summed E-state index contributed by atoms with van der Waals surface area (Å²) in [5.41, 5.74) is 0.770. The monoisotopic (exact) mass is 284 g/mol. The number of anilines is 1. The van der Waals surface area contributed by atoms with Crippen LogP contribution in [0.3, 0.4) is 0 Å². The van der Waals surface area contributed by atoms with Crippen LogP contribution in [0.15, 0.2) is 12.3 Å². The van der Waals surface area contributed by atoms with Crippen molar-refractivity contribution in [2.45, 2.75) is 19.9 Å². The Morgan fingerprint density at radius 3 is 2.79 bits per heavy atom. The highest BCUT2D eigenvalue weighted by Crippen LogP contribution is 2.25. The third-order valence-electron chi connectivity index (χ3n) is 3.30. The van der Waals surface area contributed by atoms with Crippen LogP contribution in [-0.2, 0) is 9.84 Å². The first-order chi connectivity index (χ1) is 8.82. The summed E-state index contributed by atoms with van der Waals surface area (Å²) < 4.78 is 23.1. The minimum atomic E-state index is -3.03. The molecule has 0 saturated carbocycles. The molecule has 6 nitrogen and oxygen atoms in total. The molecule has 104 valence electrons. The number of aromatic carboxylic acids is 1. The number of pyridine rings is 1. The lowest BCUT2D eigenvalue weighted by molar-refractivity contribution is 0.0696. The van der Waals surface area contributed by atoms with E-state index in [1.54, 1.807) is 31.0 Å². The van der Waals surface area contributed by atoms with Gasteiger partial charge in [-0.2, -0.15) is 0 Å². The van der Waals surface area contributed by atoms with Crippen molar-refractivity contribution >= 4 is 21.6 Å². The van der Waals surface area contributed by atoms with E-state index in [4.69, 9.17) is 0 Å². The lowest BCUT2D eigenvalue weighted by Gasteiger charge is -2.35. The Balaban J connectivity index is 2.43. The second-order valence-electron chi connectivity index (χ2n) is 4.79. The predicted molar refractivity (Wildman–Crippen MR) is 71.4 cm³/mol. The third kappa shape index (κ3) is 2.70. The van der Waals surface area contributed by atoms with Crippen LogP contribution in [0, 0.1) is 6.92 Å². The number of hydrogen-bond donors (Lipinski definition) is 1. The Kier molecular flexibility index (Phi) is 3.49. The first-order valence-electron chi connectivity index (χ1n) is 5.98. The van der Waals surface area contributed by atoms with Gasteiger partial charge in [-0.05, 0) is 25.5 Å². The lowest BCUT2D eigenvalue weighted by Crippen LogP contribution is -2.48. The van der Waals surface area contributed by atoms with Crippen molar-refractivity contribution in [1.82, 2.24) is 4.98 Å². The maximum atomic E-state index is 11.6. The summed E-state index contributed by atoms with van der Waals surface area (Å²) in [6.07, 6.45) is 1.55. The van der Waals surface area contributed by atoms with Crippen molar-refractivity contribution in [1.29, 1.82) is 0 Å². The number of hydrogen-bond acceptors (Lipinski definition) is 5. The zero-order chi connectivity index (χ0) is 14.2. The molecule has 0 spiro atoms. The molecule has 1 N–H and O–H groups in total. The van der Waals surface area contributed by atoms with Gasteiger partial charge in [0.05, 0.1) is 11.5 Å². The molecule has 2 heterocycles. The summed E-state index contributed by atoms with van der Waals surface area (Å²) in [7, 11) is -3.03. The minimum absolute atomic E-state index is 0.0294. The molecule has 1 aromatic heterocycles. The Labute approximate surface area is 112 Å².